The normalized spacial score (nSPS) is 14.3. The van der Waals surface area contributed by atoms with Crippen LogP contribution in [0.3, 0.4) is 0 Å². The Morgan fingerprint density at radius 1 is 0.507 bits per heavy atom. The molecule has 2 aromatic heterocycles. The second kappa shape index (κ2) is 17.9. The average molecular weight is 1200 g/mol. The van der Waals surface area contributed by atoms with Gasteiger partial charge in [-0.15, -0.1) is 0 Å². The second-order valence-electron chi connectivity index (χ2n) is 24.8. The van der Waals surface area contributed by atoms with Crippen LogP contribution in [0.5, 0.6) is 11.5 Å². The van der Waals surface area contributed by atoms with Gasteiger partial charge < -0.3 is 0 Å². The molecule has 0 fully saturated rings. The number of ether oxygens (including phenoxy) is 1. The maximum atomic E-state index is 6.98. The smallest absolute Gasteiger partial charge is 0 e. The van der Waals surface area contributed by atoms with E-state index in [1.54, 1.807) is 0 Å². The molecule has 7 heteroatoms. The van der Waals surface area contributed by atoms with Gasteiger partial charge in [-0.1, -0.05) is 111 Å². The third-order valence-corrected chi connectivity index (χ3v) is 22.5. The summed E-state index contributed by atoms with van der Waals surface area (Å²) in [4.78, 5) is 9.66. The molecule has 73 heavy (non-hydrogen) atoms. The zero-order valence-corrected chi connectivity index (χ0v) is 49.3. The Balaban J connectivity index is 0.00000611. The van der Waals surface area contributed by atoms with Crippen LogP contribution >= 0.6 is 0 Å². The van der Waals surface area contributed by atoms with Crippen LogP contribution in [0.2, 0.25) is 11.5 Å². The zero-order valence-electron chi connectivity index (χ0n) is 44.9. The first-order chi connectivity index (χ1) is 34.0. The average Bonchev–Trinajstić information content (AvgIpc) is 3.96. The van der Waals surface area contributed by atoms with E-state index in [-0.39, 0.29) is 42.7 Å². The Hall–Kier alpha value is -5.88. The van der Waals surface area contributed by atoms with Gasteiger partial charge in [-0.05, 0) is 56.2 Å². The van der Waals surface area contributed by atoms with Gasteiger partial charge >= 0.3 is 266 Å². The third kappa shape index (κ3) is 8.86. The minimum absolute atomic E-state index is 0. The largest absolute Gasteiger partial charge is 0.0561 e. The van der Waals surface area contributed by atoms with Gasteiger partial charge in [0.15, 0.2) is 0 Å². The first-order valence-electron chi connectivity index (χ1n) is 25.6. The maximum Gasteiger partial charge on any atom is 0 e. The van der Waals surface area contributed by atoms with E-state index in [0.717, 1.165) is 34.1 Å². The number of benzene rings is 7. The van der Waals surface area contributed by atoms with E-state index in [2.05, 4.69) is 261 Å². The number of para-hydroxylation sites is 2. The summed E-state index contributed by atoms with van der Waals surface area (Å²) in [6.07, 6.45) is 1.94. The molecule has 374 valence electrons. The molecule has 2 aliphatic rings. The van der Waals surface area contributed by atoms with Gasteiger partial charge in [-0.25, -0.2) is 0 Å². The molecule has 0 spiro atoms. The molecule has 0 bridgehead atoms. The number of hydrogen-bond donors (Lipinski definition) is 0. The summed E-state index contributed by atoms with van der Waals surface area (Å²) in [5.74, 6) is 7.23. The molecule has 5 nitrogen and oxygen atoms in total. The van der Waals surface area contributed by atoms with Gasteiger partial charge in [0.2, 0.25) is 0 Å². The first kappa shape index (κ1) is 50.6. The van der Waals surface area contributed by atoms with Crippen molar-refractivity contribution in [3.05, 3.63) is 187 Å². The molecule has 0 saturated carbocycles. The fourth-order valence-electron chi connectivity index (χ4n) is 10.8. The Morgan fingerprint density at radius 2 is 1.10 bits per heavy atom. The molecular weight excluding hydrogens is 1130 g/mol. The Kier molecular flexibility index (Phi) is 12.4. The molecule has 0 aliphatic carbocycles. The summed E-state index contributed by atoms with van der Waals surface area (Å²) in [5, 5.41) is 2.65. The number of nitrogens with zero attached hydrogens (tertiary/aromatic N) is 4. The number of rotatable bonds is 7. The summed E-state index contributed by atoms with van der Waals surface area (Å²) >= 11 is -2.72. The topological polar surface area (TPSA) is 33.5 Å². The summed E-state index contributed by atoms with van der Waals surface area (Å²) < 4.78 is 12.2. The monoisotopic (exact) mass is 1200 g/mol. The van der Waals surface area contributed by atoms with Crippen LogP contribution in [0.15, 0.2) is 146 Å². The molecular formula is C66H67GeN4OPt-3. The first-order valence-corrected chi connectivity index (χ1v) is 31.9. The Morgan fingerprint density at radius 3 is 1.74 bits per heavy atom. The molecule has 7 aromatic carbocycles. The predicted octanol–water partition coefficient (Wildman–Crippen LogP) is 16.6. The number of pyridine rings is 1. The molecule has 2 aliphatic heterocycles. The van der Waals surface area contributed by atoms with Gasteiger partial charge in [0.05, 0.1) is 0 Å². The van der Waals surface area contributed by atoms with Crippen molar-refractivity contribution in [1.29, 1.82) is 0 Å². The minimum atomic E-state index is -2.72. The molecule has 4 heterocycles. The van der Waals surface area contributed by atoms with Gasteiger partial charge in [0.25, 0.3) is 0 Å². The summed E-state index contributed by atoms with van der Waals surface area (Å²) in [6, 6.07) is 59.1. The number of fused-ring (bicyclic) bond motifs is 1. The van der Waals surface area contributed by atoms with E-state index < -0.39 is 13.3 Å². The van der Waals surface area contributed by atoms with Gasteiger partial charge in [-0.3, -0.25) is 0 Å². The molecule has 0 amide bonds. The number of anilines is 4. The SMILES string of the molecule is CC(C)(C)c1cc(-c2cc(C(C)(C)C)cc(-c3ccccc3)c2N2[CH-]N(c3[c-]c(Oc4[c-]c5c6[c](c4)[Ge]([CH3])([CH3])[c]4cccc(c46)n5-c4cc(C(C)(C)C)ccn4)ccc3)c3ccccc32)cc(C(C)(C)C)c1.[Pt]. The summed E-state index contributed by atoms with van der Waals surface area (Å²) in [7, 11) is 0. The van der Waals surface area contributed by atoms with Gasteiger partial charge in [0.1, 0.15) is 0 Å². The van der Waals surface area contributed by atoms with Crippen LogP contribution in [-0.2, 0) is 42.7 Å². The molecule has 11 rings (SSSR count). The second-order valence-corrected chi connectivity index (χ2v) is 33.8. The zero-order chi connectivity index (χ0) is 50.9. The van der Waals surface area contributed by atoms with Crippen molar-refractivity contribution in [3.8, 4) is 39.6 Å². The van der Waals surface area contributed by atoms with Gasteiger partial charge in [0, 0.05) is 21.1 Å². The third-order valence-electron chi connectivity index (χ3n) is 15.1. The van der Waals surface area contributed by atoms with Crippen LogP contribution in [0.4, 0.5) is 22.7 Å². The van der Waals surface area contributed by atoms with Crippen LogP contribution in [0.1, 0.15) is 105 Å². The minimum Gasteiger partial charge on any atom is -0.0561 e. The van der Waals surface area contributed by atoms with Crippen LogP contribution in [0, 0.1) is 18.8 Å². The van der Waals surface area contributed by atoms with E-state index in [9.17, 15) is 0 Å². The molecule has 0 saturated heterocycles. The Labute approximate surface area is 451 Å². The van der Waals surface area contributed by atoms with Crippen molar-refractivity contribution >= 4 is 66.6 Å². The van der Waals surface area contributed by atoms with E-state index >= 15 is 0 Å². The van der Waals surface area contributed by atoms with Crippen LogP contribution in [-0.4, -0.2) is 22.8 Å². The van der Waals surface area contributed by atoms with E-state index in [4.69, 9.17) is 9.72 Å². The van der Waals surface area contributed by atoms with Crippen LogP contribution < -0.4 is 23.3 Å². The fourth-order valence-corrected chi connectivity index (χ4v) is 17.2. The van der Waals surface area contributed by atoms with Crippen molar-refractivity contribution in [1.82, 2.24) is 9.55 Å². The van der Waals surface area contributed by atoms with Gasteiger partial charge in [-0.2, -0.15) is 0 Å². The van der Waals surface area contributed by atoms with Crippen molar-refractivity contribution in [3.63, 3.8) is 0 Å². The predicted molar refractivity (Wildman–Crippen MR) is 307 cm³/mol. The fraction of sp³-hybridized carbons (Fsp3) is 0.273. The maximum absolute atomic E-state index is 6.98. The summed E-state index contributed by atoms with van der Waals surface area (Å²) in [6.45, 7) is 29.9. The standard InChI is InChI=1S/C66H67GeN4O.Pt/c1-63(2,3)44-30-31-68-59(37-44)71-57-29-21-26-53-60(57)61-54(67(53,13)14)39-50(40-58(61)71)72-49-25-20-24-48(38-49)69-41-70(56-28-19-18-27-55(56)69)62-51(42-22-16-15-17-23-42)35-47(66(10,11)12)36-52(62)43-32-45(64(4,5)6)34-46(33-43)65(7,8)9;/h15-37,39,41H,1-14H3;/q-3;. The van der Waals surface area contributed by atoms with Crippen molar-refractivity contribution in [2.24, 2.45) is 0 Å². The van der Waals surface area contributed by atoms with Crippen LogP contribution in [0.25, 0.3) is 49.9 Å². The van der Waals surface area contributed by atoms with E-state index in [0.29, 0.717) is 11.5 Å². The number of hydrogen-bond acceptors (Lipinski definition) is 4. The van der Waals surface area contributed by atoms with Crippen molar-refractivity contribution in [2.45, 2.75) is 116 Å². The molecule has 0 atom stereocenters. The van der Waals surface area contributed by atoms with E-state index in [1.807, 2.05) is 12.3 Å². The molecule has 9 aromatic rings. The molecule has 0 N–H and O–H groups in total. The van der Waals surface area contributed by atoms with Crippen molar-refractivity contribution < 1.29 is 25.8 Å². The molecule has 0 radical (unpaired) electrons. The van der Waals surface area contributed by atoms with Crippen molar-refractivity contribution in [2.75, 3.05) is 9.80 Å². The summed E-state index contributed by atoms with van der Waals surface area (Å²) in [5.41, 5.74) is 16.1. The quantitative estimate of drug-likeness (QED) is 0.118. The Bertz CT molecular complexity index is 3590. The van der Waals surface area contributed by atoms with E-state index in [1.165, 1.54) is 69.6 Å². The molecule has 0 unspecified atom stereocenters. The number of aromatic nitrogens is 2.